The van der Waals surface area contributed by atoms with Crippen LogP contribution in [0.5, 0.6) is 5.75 Å². The van der Waals surface area contributed by atoms with Gasteiger partial charge in [-0.3, -0.25) is 4.79 Å². The fraction of sp³-hybridized carbons (Fsp3) is 0.176. The fourth-order valence-electron chi connectivity index (χ4n) is 2.11. The molecule has 0 unspecified atom stereocenters. The number of hydrogen-bond donors (Lipinski definition) is 1. The highest BCUT2D eigenvalue weighted by molar-refractivity contribution is 6.35. The molecule has 1 amide bonds. The number of halogens is 4. The molecule has 0 aromatic heterocycles. The summed E-state index contributed by atoms with van der Waals surface area (Å²) < 4.78 is 47.1. The molecule has 0 spiro atoms. The summed E-state index contributed by atoms with van der Waals surface area (Å²) in [7, 11) is 1.08. The second-order valence-corrected chi connectivity index (χ2v) is 5.45. The van der Waals surface area contributed by atoms with Crippen molar-refractivity contribution < 1.29 is 32.2 Å². The molecule has 0 aliphatic carbocycles. The van der Waals surface area contributed by atoms with Crippen molar-refractivity contribution in [2.24, 2.45) is 0 Å². The van der Waals surface area contributed by atoms with E-state index in [1.807, 2.05) is 0 Å². The van der Waals surface area contributed by atoms with Crippen molar-refractivity contribution >= 4 is 29.2 Å². The summed E-state index contributed by atoms with van der Waals surface area (Å²) in [6.07, 6.45) is 0. The van der Waals surface area contributed by atoms with E-state index in [1.54, 1.807) is 0 Å². The van der Waals surface area contributed by atoms with E-state index in [9.17, 15) is 22.8 Å². The zero-order valence-electron chi connectivity index (χ0n) is 13.6. The lowest BCUT2D eigenvalue weighted by Gasteiger charge is -2.12. The standard InChI is InChI=1S/C17H13ClF3NO4/c1-8-13(18)11(7-12(14(8)19)16(24)25-2)15(23)22-9-3-5-10(6-4-9)26-17(20)21/h3-7,17H,1-2H3,(H,22,23). The summed E-state index contributed by atoms with van der Waals surface area (Å²) in [4.78, 5) is 24.0. The van der Waals surface area contributed by atoms with Crippen LogP contribution in [0.3, 0.4) is 0 Å². The van der Waals surface area contributed by atoms with Gasteiger partial charge in [0, 0.05) is 11.3 Å². The maximum atomic E-state index is 14.1. The molecule has 0 fully saturated rings. The third kappa shape index (κ3) is 4.26. The number of ether oxygens (including phenoxy) is 2. The number of carbonyl (C=O) groups is 2. The van der Waals surface area contributed by atoms with Crippen molar-refractivity contribution in [1.82, 2.24) is 0 Å². The Bertz CT molecular complexity index is 841. The molecule has 0 saturated carbocycles. The molecule has 5 nitrogen and oxygen atoms in total. The molecule has 138 valence electrons. The van der Waals surface area contributed by atoms with Gasteiger partial charge in [0.2, 0.25) is 0 Å². The minimum Gasteiger partial charge on any atom is -0.465 e. The van der Waals surface area contributed by atoms with Gasteiger partial charge >= 0.3 is 12.6 Å². The highest BCUT2D eigenvalue weighted by Gasteiger charge is 2.23. The normalized spacial score (nSPS) is 10.6. The van der Waals surface area contributed by atoms with Crippen molar-refractivity contribution in [1.29, 1.82) is 0 Å². The Hall–Kier alpha value is -2.74. The molecule has 1 N–H and O–H groups in total. The fourth-order valence-corrected chi connectivity index (χ4v) is 2.34. The van der Waals surface area contributed by atoms with Crippen LogP contribution in [0.15, 0.2) is 30.3 Å². The monoisotopic (exact) mass is 387 g/mol. The molecular weight excluding hydrogens is 375 g/mol. The van der Waals surface area contributed by atoms with E-state index in [2.05, 4.69) is 14.8 Å². The van der Waals surface area contributed by atoms with Gasteiger partial charge in [-0.25, -0.2) is 9.18 Å². The lowest BCUT2D eigenvalue weighted by molar-refractivity contribution is -0.0498. The second-order valence-electron chi connectivity index (χ2n) is 5.07. The molecule has 0 radical (unpaired) electrons. The Morgan fingerprint density at radius 2 is 1.77 bits per heavy atom. The third-order valence-electron chi connectivity index (χ3n) is 3.41. The number of anilines is 1. The first kappa shape index (κ1) is 19.6. The molecule has 0 bridgehead atoms. The number of esters is 1. The van der Waals surface area contributed by atoms with E-state index in [-0.39, 0.29) is 27.6 Å². The van der Waals surface area contributed by atoms with Crippen LogP contribution in [0, 0.1) is 12.7 Å². The lowest BCUT2D eigenvalue weighted by atomic mass is 10.0. The summed E-state index contributed by atoms with van der Waals surface area (Å²) in [6.45, 7) is -1.65. The Balaban J connectivity index is 2.29. The average Bonchev–Trinajstić information content (AvgIpc) is 2.60. The van der Waals surface area contributed by atoms with Crippen LogP contribution in [-0.2, 0) is 4.74 Å². The molecule has 9 heteroatoms. The largest absolute Gasteiger partial charge is 0.465 e. The van der Waals surface area contributed by atoms with Gasteiger partial charge in [0.15, 0.2) is 0 Å². The van der Waals surface area contributed by atoms with Crippen LogP contribution >= 0.6 is 11.6 Å². The summed E-state index contributed by atoms with van der Waals surface area (Å²) in [5, 5.41) is 2.31. The van der Waals surface area contributed by atoms with Crippen molar-refractivity contribution in [2.75, 3.05) is 12.4 Å². The van der Waals surface area contributed by atoms with E-state index in [4.69, 9.17) is 11.6 Å². The predicted octanol–water partition coefficient (Wildman–Crippen LogP) is 4.43. The Labute approximate surface area is 151 Å². The second kappa shape index (κ2) is 8.09. The minimum absolute atomic E-state index is 0.0818. The summed E-state index contributed by atoms with van der Waals surface area (Å²) in [5.41, 5.74) is -0.395. The van der Waals surface area contributed by atoms with E-state index >= 15 is 0 Å². The van der Waals surface area contributed by atoms with Gasteiger partial charge in [-0.1, -0.05) is 11.6 Å². The molecule has 0 aliphatic heterocycles. The Morgan fingerprint density at radius 1 is 1.15 bits per heavy atom. The van der Waals surface area contributed by atoms with E-state index < -0.39 is 29.9 Å². The quantitative estimate of drug-likeness (QED) is 0.771. The number of rotatable bonds is 5. The highest BCUT2D eigenvalue weighted by Crippen LogP contribution is 2.28. The summed E-state index contributed by atoms with van der Waals surface area (Å²) in [6, 6.07) is 6.13. The topological polar surface area (TPSA) is 64.6 Å². The minimum atomic E-state index is -2.96. The molecule has 2 aromatic rings. The maximum absolute atomic E-state index is 14.1. The smallest absolute Gasteiger partial charge is 0.387 e. The average molecular weight is 388 g/mol. The van der Waals surface area contributed by atoms with Crippen LogP contribution in [0.1, 0.15) is 26.3 Å². The van der Waals surface area contributed by atoms with Crippen molar-refractivity contribution in [3.63, 3.8) is 0 Å². The van der Waals surface area contributed by atoms with E-state index in [0.29, 0.717) is 0 Å². The van der Waals surface area contributed by atoms with Gasteiger partial charge in [-0.15, -0.1) is 0 Å². The molecule has 0 aliphatic rings. The van der Waals surface area contributed by atoms with Crippen LogP contribution < -0.4 is 10.1 Å². The number of nitrogens with one attached hydrogen (secondary N) is 1. The first-order valence-electron chi connectivity index (χ1n) is 7.17. The van der Waals surface area contributed by atoms with Crippen molar-refractivity contribution in [3.05, 3.63) is 57.9 Å². The van der Waals surface area contributed by atoms with Gasteiger partial charge in [0.05, 0.1) is 23.3 Å². The SMILES string of the molecule is COC(=O)c1cc(C(=O)Nc2ccc(OC(F)F)cc2)c(Cl)c(C)c1F. The molecule has 0 atom stereocenters. The van der Waals surface area contributed by atoms with Gasteiger partial charge in [0.25, 0.3) is 5.91 Å². The number of hydrogen-bond acceptors (Lipinski definition) is 4. The third-order valence-corrected chi connectivity index (χ3v) is 3.89. The highest BCUT2D eigenvalue weighted by atomic mass is 35.5. The molecular formula is C17H13ClF3NO4. The molecule has 0 saturated heterocycles. The summed E-state index contributed by atoms with van der Waals surface area (Å²) in [5.74, 6) is -2.64. The van der Waals surface area contributed by atoms with Gasteiger partial charge in [0.1, 0.15) is 11.6 Å². The zero-order valence-corrected chi connectivity index (χ0v) is 14.4. The molecule has 0 heterocycles. The first-order chi connectivity index (χ1) is 12.2. The lowest BCUT2D eigenvalue weighted by Crippen LogP contribution is -2.16. The molecule has 26 heavy (non-hydrogen) atoms. The Morgan fingerprint density at radius 3 is 2.31 bits per heavy atom. The van der Waals surface area contributed by atoms with Crippen LogP contribution in [0.2, 0.25) is 5.02 Å². The van der Waals surface area contributed by atoms with Gasteiger partial charge < -0.3 is 14.8 Å². The van der Waals surface area contributed by atoms with E-state index in [1.165, 1.54) is 31.2 Å². The zero-order chi connectivity index (χ0) is 19.4. The van der Waals surface area contributed by atoms with E-state index in [0.717, 1.165) is 13.2 Å². The number of methoxy groups -OCH3 is 1. The van der Waals surface area contributed by atoms with Crippen LogP contribution in [0.4, 0.5) is 18.9 Å². The Kier molecular flexibility index (Phi) is 6.10. The maximum Gasteiger partial charge on any atom is 0.387 e. The summed E-state index contributed by atoms with van der Waals surface area (Å²) >= 11 is 6.01. The van der Waals surface area contributed by atoms with Gasteiger partial charge in [-0.2, -0.15) is 8.78 Å². The van der Waals surface area contributed by atoms with Crippen LogP contribution in [-0.4, -0.2) is 25.6 Å². The molecule has 2 aromatic carbocycles. The number of amides is 1. The van der Waals surface area contributed by atoms with Crippen LogP contribution in [0.25, 0.3) is 0 Å². The van der Waals surface area contributed by atoms with Crippen molar-refractivity contribution in [3.8, 4) is 5.75 Å². The van der Waals surface area contributed by atoms with Gasteiger partial charge in [-0.05, 0) is 37.3 Å². The number of carbonyl (C=O) groups excluding carboxylic acids is 2. The number of benzene rings is 2. The van der Waals surface area contributed by atoms with Crippen molar-refractivity contribution in [2.45, 2.75) is 13.5 Å². The first-order valence-corrected chi connectivity index (χ1v) is 7.55. The molecule has 2 rings (SSSR count). The number of alkyl halides is 2. The predicted molar refractivity (Wildman–Crippen MR) is 88.5 cm³/mol.